The standard InChI is InChI=1S/C15H17NO7/c1-21-14(17)4-2-3-12-13(23-12)9-22-15(18)10-5-7-11(8-6-10)16(19)20/h5-8,12-13H,2-4,9H2,1H3/t12-,13-/m1/s1. The van der Waals surface area contributed by atoms with Crippen LogP contribution < -0.4 is 0 Å². The maximum Gasteiger partial charge on any atom is 0.338 e. The van der Waals surface area contributed by atoms with Gasteiger partial charge in [0, 0.05) is 18.6 Å². The molecule has 1 aromatic carbocycles. The molecule has 0 unspecified atom stereocenters. The van der Waals surface area contributed by atoms with Crippen LogP contribution in [0.15, 0.2) is 24.3 Å². The summed E-state index contributed by atoms with van der Waals surface area (Å²) in [6, 6.07) is 5.20. The van der Waals surface area contributed by atoms with E-state index in [9.17, 15) is 19.7 Å². The summed E-state index contributed by atoms with van der Waals surface area (Å²) >= 11 is 0. The quantitative estimate of drug-likeness (QED) is 0.311. The Morgan fingerprint density at radius 1 is 1.26 bits per heavy atom. The van der Waals surface area contributed by atoms with E-state index in [0.29, 0.717) is 19.3 Å². The lowest BCUT2D eigenvalue weighted by atomic mass is 10.1. The fourth-order valence-corrected chi connectivity index (χ4v) is 2.09. The summed E-state index contributed by atoms with van der Waals surface area (Å²) in [5.41, 5.74) is 0.163. The zero-order chi connectivity index (χ0) is 16.8. The van der Waals surface area contributed by atoms with Crippen LogP contribution in [0.1, 0.15) is 29.6 Å². The topological polar surface area (TPSA) is 108 Å². The van der Waals surface area contributed by atoms with Gasteiger partial charge in [0.05, 0.1) is 23.7 Å². The van der Waals surface area contributed by atoms with Crippen molar-refractivity contribution in [2.24, 2.45) is 0 Å². The average Bonchev–Trinajstić information content (AvgIpc) is 3.30. The number of rotatable bonds is 8. The molecular weight excluding hydrogens is 306 g/mol. The zero-order valence-corrected chi connectivity index (χ0v) is 12.6. The summed E-state index contributed by atoms with van der Waals surface area (Å²) in [4.78, 5) is 32.8. The highest BCUT2D eigenvalue weighted by molar-refractivity contribution is 5.89. The molecule has 23 heavy (non-hydrogen) atoms. The molecule has 1 saturated heterocycles. The number of nitro benzene ring substituents is 1. The molecule has 2 rings (SSSR count). The maximum atomic E-state index is 11.8. The van der Waals surface area contributed by atoms with E-state index in [1.165, 1.54) is 31.4 Å². The molecule has 0 saturated carbocycles. The Balaban J connectivity index is 1.67. The lowest BCUT2D eigenvalue weighted by molar-refractivity contribution is -0.384. The molecule has 8 nitrogen and oxygen atoms in total. The Morgan fingerprint density at radius 2 is 1.96 bits per heavy atom. The number of ether oxygens (including phenoxy) is 3. The van der Waals surface area contributed by atoms with Gasteiger partial charge in [-0.3, -0.25) is 14.9 Å². The number of epoxide rings is 1. The molecule has 0 spiro atoms. The number of methoxy groups -OCH3 is 1. The van der Waals surface area contributed by atoms with Gasteiger partial charge in [0.2, 0.25) is 0 Å². The number of esters is 2. The third-order valence-electron chi connectivity index (χ3n) is 3.48. The molecule has 0 radical (unpaired) electrons. The van der Waals surface area contributed by atoms with Crippen LogP contribution in [0.3, 0.4) is 0 Å². The molecule has 0 bridgehead atoms. The number of hydrogen-bond donors (Lipinski definition) is 0. The molecule has 0 amide bonds. The number of nitro groups is 1. The van der Waals surface area contributed by atoms with Gasteiger partial charge in [-0.15, -0.1) is 0 Å². The van der Waals surface area contributed by atoms with Crippen LogP contribution in [0.5, 0.6) is 0 Å². The molecule has 0 N–H and O–H groups in total. The van der Waals surface area contributed by atoms with Crippen molar-refractivity contribution >= 4 is 17.6 Å². The van der Waals surface area contributed by atoms with Crippen molar-refractivity contribution in [2.45, 2.75) is 31.5 Å². The predicted octanol–water partition coefficient (Wildman–Crippen LogP) is 1.86. The van der Waals surface area contributed by atoms with Crippen LogP contribution in [-0.2, 0) is 19.0 Å². The Kier molecular flexibility index (Phi) is 5.64. The third-order valence-corrected chi connectivity index (χ3v) is 3.48. The van der Waals surface area contributed by atoms with E-state index in [-0.39, 0.29) is 36.0 Å². The van der Waals surface area contributed by atoms with Gasteiger partial charge in [-0.1, -0.05) is 0 Å². The van der Waals surface area contributed by atoms with Gasteiger partial charge >= 0.3 is 11.9 Å². The Hall–Kier alpha value is -2.48. The van der Waals surface area contributed by atoms with Crippen LogP contribution in [0.4, 0.5) is 5.69 Å². The monoisotopic (exact) mass is 323 g/mol. The minimum absolute atomic E-state index is 0.00989. The van der Waals surface area contributed by atoms with Gasteiger partial charge in [0.15, 0.2) is 0 Å². The van der Waals surface area contributed by atoms with E-state index >= 15 is 0 Å². The van der Waals surface area contributed by atoms with Crippen molar-refractivity contribution in [3.05, 3.63) is 39.9 Å². The van der Waals surface area contributed by atoms with Gasteiger partial charge < -0.3 is 14.2 Å². The number of carbonyl (C=O) groups excluding carboxylic acids is 2. The smallest absolute Gasteiger partial charge is 0.338 e. The van der Waals surface area contributed by atoms with Crippen LogP contribution in [0.25, 0.3) is 0 Å². The van der Waals surface area contributed by atoms with Gasteiger partial charge in [0.25, 0.3) is 5.69 Å². The molecule has 1 heterocycles. The second-order valence-corrected chi connectivity index (χ2v) is 5.08. The van der Waals surface area contributed by atoms with Crippen LogP contribution in [0, 0.1) is 10.1 Å². The van der Waals surface area contributed by atoms with Crippen molar-refractivity contribution in [1.29, 1.82) is 0 Å². The van der Waals surface area contributed by atoms with Crippen molar-refractivity contribution in [3.63, 3.8) is 0 Å². The van der Waals surface area contributed by atoms with Gasteiger partial charge in [-0.2, -0.15) is 0 Å². The lowest BCUT2D eigenvalue weighted by Gasteiger charge is -2.02. The number of non-ortho nitro benzene ring substituents is 1. The molecule has 2 atom stereocenters. The highest BCUT2D eigenvalue weighted by Gasteiger charge is 2.39. The second-order valence-electron chi connectivity index (χ2n) is 5.08. The largest absolute Gasteiger partial charge is 0.469 e. The summed E-state index contributed by atoms with van der Waals surface area (Å²) in [6.07, 6.45) is 1.53. The van der Waals surface area contributed by atoms with Crippen LogP contribution >= 0.6 is 0 Å². The molecule has 1 fully saturated rings. The number of hydrogen-bond acceptors (Lipinski definition) is 7. The van der Waals surface area contributed by atoms with E-state index < -0.39 is 10.9 Å². The first kappa shape index (κ1) is 16.9. The van der Waals surface area contributed by atoms with Gasteiger partial charge in [-0.25, -0.2) is 4.79 Å². The molecule has 1 aromatic rings. The number of nitrogens with zero attached hydrogens (tertiary/aromatic N) is 1. The van der Waals surface area contributed by atoms with Crippen molar-refractivity contribution in [1.82, 2.24) is 0 Å². The van der Waals surface area contributed by atoms with E-state index in [4.69, 9.17) is 9.47 Å². The molecular formula is C15H17NO7. The maximum absolute atomic E-state index is 11.8. The van der Waals surface area contributed by atoms with E-state index in [2.05, 4.69) is 4.74 Å². The molecule has 8 heteroatoms. The first-order valence-corrected chi connectivity index (χ1v) is 7.15. The SMILES string of the molecule is COC(=O)CCC[C@H]1O[C@@H]1COC(=O)c1ccc([N+](=O)[O-])cc1. The summed E-state index contributed by atoms with van der Waals surface area (Å²) in [7, 11) is 1.34. The molecule has 1 aliphatic heterocycles. The van der Waals surface area contributed by atoms with Gasteiger partial charge in [-0.05, 0) is 25.0 Å². The van der Waals surface area contributed by atoms with Crippen LogP contribution in [0.2, 0.25) is 0 Å². The molecule has 124 valence electrons. The number of carbonyl (C=O) groups is 2. The van der Waals surface area contributed by atoms with Crippen LogP contribution in [-0.4, -0.2) is 42.8 Å². The van der Waals surface area contributed by atoms with Crippen molar-refractivity contribution < 1.29 is 28.7 Å². The summed E-state index contributed by atoms with van der Waals surface area (Å²) in [5.74, 6) is -0.810. The fourth-order valence-electron chi connectivity index (χ4n) is 2.09. The Bertz CT molecular complexity index is 584. The summed E-state index contributed by atoms with van der Waals surface area (Å²) < 4.78 is 15.0. The average molecular weight is 323 g/mol. The van der Waals surface area contributed by atoms with E-state index in [1.54, 1.807) is 0 Å². The van der Waals surface area contributed by atoms with Crippen molar-refractivity contribution in [3.8, 4) is 0 Å². The van der Waals surface area contributed by atoms with Gasteiger partial charge in [0.1, 0.15) is 12.7 Å². The predicted molar refractivity (Wildman–Crippen MR) is 77.9 cm³/mol. The highest BCUT2D eigenvalue weighted by atomic mass is 16.6. The van der Waals surface area contributed by atoms with E-state index in [1.807, 2.05) is 0 Å². The molecule has 1 aliphatic rings. The van der Waals surface area contributed by atoms with Crippen molar-refractivity contribution in [2.75, 3.05) is 13.7 Å². The summed E-state index contributed by atoms with van der Waals surface area (Å²) in [5, 5.41) is 10.5. The zero-order valence-electron chi connectivity index (χ0n) is 12.6. The highest BCUT2D eigenvalue weighted by Crippen LogP contribution is 2.27. The molecule has 0 aliphatic carbocycles. The second kappa shape index (κ2) is 7.68. The normalized spacial score (nSPS) is 19.0. The first-order valence-electron chi connectivity index (χ1n) is 7.15. The molecule has 0 aromatic heterocycles. The minimum atomic E-state index is -0.552. The van der Waals surface area contributed by atoms with E-state index in [0.717, 1.165) is 0 Å². The summed E-state index contributed by atoms with van der Waals surface area (Å²) in [6.45, 7) is 0.124. The Morgan fingerprint density at radius 3 is 2.57 bits per heavy atom. The number of benzene rings is 1. The third kappa shape index (κ3) is 5.03. The fraction of sp³-hybridized carbons (Fsp3) is 0.467. The first-order chi connectivity index (χ1) is 11.0. The Labute approximate surface area is 132 Å². The minimum Gasteiger partial charge on any atom is -0.469 e. The lowest BCUT2D eigenvalue weighted by Crippen LogP contribution is -2.12.